The summed E-state index contributed by atoms with van der Waals surface area (Å²) in [5.74, 6) is 0.814. The van der Waals surface area contributed by atoms with Crippen LogP contribution in [-0.2, 0) is 5.75 Å². The van der Waals surface area contributed by atoms with Gasteiger partial charge in [-0.25, -0.2) is 4.98 Å². The van der Waals surface area contributed by atoms with Crippen molar-refractivity contribution in [3.63, 3.8) is 0 Å². The van der Waals surface area contributed by atoms with Gasteiger partial charge in [0.05, 0.1) is 5.69 Å². The molecule has 14 heavy (non-hydrogen) atoms. The van der Waals surface area contributed by atoms with Crippen LogP contribution in [0.25, 0.3) is 0 Å². The first-order chi connectivity index (χ1) is 6.84. The van der Waals surface area contributed by atoms with Gasteiger partial charge in [0.25, 0.3) is 0 Å². The van der Waals surface area contributed by atoms with Gasteiger partial charge in [-0.05, 0) is 12.1 Å². The molecule has 0 aromatic carbocycles. The van der Waals surface area contributed by atoms with Gasteiger partial charge in [-0.1, -0.05) is 23.4 Å². The van der Waals surface area contributed by atoms with E-state index < -0.39 is 0 Å². The third kappa shape index (κ3) is 2.70. The quantitative estimate of drug-likeness (QED) is 0.771. The Bertz CT molecular complexity index is 403. The highest BCUT2D eigenvalue weighted by molar-refractivity contribution is 8.00. The molecule has 0 aliphatic rings. The van der Waals surface area contributed by atoms with E-state index in [1.165, 1.54) is 0 Å². The number of aromatic nitrogens is 2. The minimum atomic E-state index is 0.731. The van der Waals surface area contributed by atoms with E-state index in [2.05, 4.69) is 9.97 Å². The molecule has 5 heteroatoms. The van der Waals surface area contributed by atoms with Crippen LogP contribution < -0.4 is 0 Å². The molecular weight excluding hydrogens is 236 g/mol. The van der Waals surface area contributed by atoms with Crippen molar-refractivity contribution in [1.29, 1.82) is 0 Å². The molecule has 0 saturated heterocycles. The number of thioether (sulfide) groups is 1. The van der Waals surface area contributed by atoms with Crippen LogP contribution in [0.1, 0.15) is 5.69 Å². The first-order valence-electron chi connectivity index (χ1n) is 3.97. The van der Waals surface area contributed by atoms with Gasteiger partial charge in [0.1, 0.15) is 4.34 Å². The molecular formula is C9H7ClN2S2. The Morgan fingerprint density at radius 2 is 2.29 bits per heavy atom. The van der Waals surface area contributed by atoms with Crippen LogP contribution >= 0.6 is 34.7 Å². The molecule has 0 spiro atoms. The van der Waals surface area contributed by atoms with Gasteiger partial charge in [-0.2, -0.15) is 0 Å². The Labute approximate surface area is 95.4 Å². The van der Waals surface area contributed by atoms with E-state index >= 15 is 0 Å². The highest BCUT2D eigenvalue weighted by Gasteiger charge is 1.99. The van der Waals surface area contributed by atoms with Crippen molar-refractivity contribution < 1.29 is 0 Å². The molecule has 0 atom stereocenters. The lowest BCUT2D eigenvalue weighted by atomic mass is 10.4. The highest BCUT2D eigenvalue weighted by Crippen LogP contribution is 2.24. The van der Waals surface area contributed by atoms with Crippen LogP contribution in [-0.4, -0.2) is 9.97 Å². The molecule has 0 aliphatic heterocycles. The molecule has 0 fully saturated rings. The van der Waals surface area contributed by atoms with Crippen molar-refractivity contribution >= 4 is 34.7 Å². The number of thiazole rings is 1. The van der Waals surface area contributed by atoms with Crippen molar-refractivity contribution in [3.8, 4) is 0 Å². The van der Waals surface area contributed by atoms with Crippen molar-refractivity contribution in [2.75, 3.05) is 0 Å². The normalized spacial score (nSPS) is 10.4. The molecule has 72 valence electrons. The summed E-state index contributed by atoms with van der Waals surface area (Å²) >= 11 is 9.16. The standard InChI is InChI=1S/C9H7ClN2S2/c10-7-1-2-11-8(5-7)6-14-9-12-3-4-13-9/h1-5H,6H2. The smallest absolute Gasteiger partial charge is 0.150 e. The zero-order chi connectivity index (χ0) is 9.80. The van der Waals surface area contributed by atoms with E-state index in [1.54, 1.807) is 41.6 Å². The third-order valence-electron chi connectivity index (χ3n) is 1.53. The first-order valence-corrected chi connectivity index (χ1v) is 6.21. The first kappa shape index (κ1) is 9.96. The Morgan fingerprint density at radius 1 is 1.36 bits per heavy atom. The van der Waals surface area contributed by atoms with Gasteiger partial charge >= 0.3 is 0 Å². The zero-order valence-electron chi connectivity index (χ0n) is 7.18. The minimum Gasteiger partial charge on any atom is -0.260 e. The van der Waals surface area contributed by atoms with Crippen molar-refractivity contribution in [1.82, 2.24) is 9.97 Å². The fourth-order valence-corrected chi connectivity index (χ4v) is 2.67. The molecule has 0 radical (unpaired) electrons. The summed E-state index contributed by atoms with van der Waals surface area (Å²) in [5, 5.41) is 2.70. The SMILES string of the molecule is Clc1ccnc(CSc2nccs2)c1. The fourth-order valence-electron chi connectivity index (χ4n) is 0.945. The number of hydrogen-bond acceptors (Lipinski definition) is 4. The second-order valence-electron chi connectivity index (χ2n) is 2.55. The largest absolute Gasteiger partial charge is 0.260 e. The summed E-state index contributed by atoms with van der Waals surface area (Å²) in [4.78, 5) is 8.39. The molecule has 2 nitrogen and oxygen atoms in total. The topological polar surface area (TPSA) is 25.8 Å². The predicted octanol–water partition coefficient (Wildman–Crippen LogP) is 3.48. The van der Waals surface area contributed by atoms with Gasteiger partial charge in [0.2, 0.25) is 0 Å². The Morgan fingerprint density at radius 3 is 3.00 bits per heavy atom. The van der Waals surface area contributed by atoms with E-state index in [9.17, 15) is 0 Å². The molecule has 2 heterocycles. The van der Waals surface area contributed by atoms with Gasteiger partial charge in [-0.15, -0.1) is 11.3 Å². The van der Waals surface area contributed by atoms with Crippen LogP contribution in [0.3, 0.4) is 0 Å². The Balaban J connectivity index is 1.98. The summed E-state index contributed by atoms with van der Waals surface area (Å²) < 4.78 is 1.06. The summed E-state index contributed by atoms with van der Waals surface area (Å²) in [5.41, 5.74) is 0.984. The number of pyridine rings is 1. The maximum Gasteiger partial charge on any atom is 0.150 e. The average Bonchev–Trinajstić information content (AvgIpc) is 2.67. The number of nitrogens with zero attached hydrogens (tertiary/aromatic N) is 2. The zero-order valence-corrected chi connectivity index (χ0v) is 9.57. The lowest BCUT2D eigenvalue weighted by Crippen LogP contribution is -1.84. The predicted molar refractivity (Wildman–Crippen MR) is 60.9 cm³/mol. The van der Waals surface area contributed by atoms with E-state index in [0.29, 0.717) is 0 Å². The Kier molecular flexibility index (Phi) is 3.39. The molecule has 0 aliphatic carbocycles. The van der Waals surface area contributed by atoms with Gasteiger partial charge in [0.15, 0.2) is 0 Å². The van der Waals surface area contributed by atoms with E-state index in [1.807, 2.05) is 11.4 Å². The van der Waals surface area contributed by atoms with Gasteiger partial charge < -0.3 is 0 Å². The molecule has 0 N–H and O–H groups in total. The average molecular weight is 243 g/mol. The number of halogens is 1. The van der Waals surface area contributed by atoms with Crippen LogP contribution in [0.4, 0.5) is 0 Å². The van der Waals surface area contributed by atoms with E-state index in [-0.39, 0.29) is 0 Å². The van der Waals surface area contributed by atoms with Crippen molar-refractivity contribution in [2.24, 2.45) is 0 Å². The van der Waals surface area contributed by atoms with Crippen LogP contribution in [0.5, 0.6) is 0 Å². The maximum atomic E-state index is 5.84. The molecule has 2 aromatic rings. The summed E-state index contributed by atoms with van der Waals surface area (Å²) in [6, 6.07) is 3.65. The molecule has 2 rings (SSSR count). The van der Waals surface area contributed by atoms with Crippen LogP contribution in [0, 0.1) is 0 Å². The minimum absolute atomic E-state index is 0.731. The van der Waals surface area contributed by atoms with Gasteiger partial charge in [-0.3, -0.25) is 4.98 Å². The van der Waals surface area contributed by atoms with Crippen molar-refractivity contribution in [2.45, 2.75) is 10.1 Å². The van der Waals surface area contributed by atoms with Crippen LogP contribution in [0.15, 0.2) is 34.2 Å². The van der Waals surface area contributed by atoms with E-state index in [0.717, 1.165) is 20.8 Å². The molecule has 0 saturated carbocycles. The second kappa shape index (κ2) is 4.77. The van der Waals surface area contributed by atoms with Crippen molar-refractivity contribution in [3.05, 3.63) is 40.6 Å². The third-order valence-corrected chi connectivity index (χ3v) is 3.77. The van der Waals surface area contributed by atoms with E-state index in [4.69, 9.17) is 11.6 Å². The summed E-state index contributed by atoms with van der Waals surface area (Å²) in [6.07, 6.45) is 3.53. The fraction of sp³-hybridized carbons (Fsp3) is 0.111. The summed E-state index contributed by atoms with van der Waals surface area (Å²) in [7, 11) is 0. The number of hydrogen-bond donors (Lipinski definition) is 0. The molecule has 0 bridgehead atoms. The summed E-state index contributed by atoms with van der Waals surface area (Å²) in [6.45, 7) is 0. The molecule has 0 unspecified atom stereocenters. The molecule has 2 aromatic heterocycles. The Hall–Kier alpha value is -0.580. The number of rotatable bonds is 3. The second-order valence-corrected chi connectivity index (χ2v) is 5.11. The van der Waals surface area contributed by atoms with Gasteiger partial charge in [0, 0.05) is 28.5 Å². The van der Waals surface area contributed by atoms with Crippen LogP contribution in [0.2, 0.25) is 5.02 Å². The maximum absolute atomic E-state index is 5.84. The highest BCUT2D eigenvalue weighted by atomic mass is 35.5. The molecule has 0 amide bonds. The lowest BCUT2D eigenvalue weighted by molar-refractivity contribution is 1.17. The lowest BCUT2D eigenvalue weighted by Gasteiger charge is -1.97. The monoisotopic (exact) mass is 242 g/mol.